The van der Waals surface area contributed by atoms with Crippen LogP contribution in [0.15, 0.2) is 72.9 Å². The molecule has 0 unspecified atom stereocenters. The molecule has 49 heavy (non-hydrogen) atoms. The van der Waals surface area contributed by atoms with E-state index in [0.29, 0.717) is 32.1 Å². The number of carbonyl (C=O) groups is 2. The summed E-state index contributed by atoms with van der Waals surface area (Å²) in [7, 11) is 0. The Morgan fingerprint density at radius 3 is 1.63 bits per heavy atom. The van der Waals surface area contributed by atoms with Crippen molar-refractivity contribution in [2.45, 2.75) is 167 Å². The lowest BCUT2D eigenvalue weighted by atomic mass is 10.0. The summed E-state index contributed by atoms with van der Waals surface area (Å²) in [5.41, 5.74) is 0. The summed E-state index contributed by atoms with van der Waals surface area (Å²) in [5.74, 6) is -0.761. The van der Waals surface area contributed by atoms with Crippen LogP contribution in [0.4, 0.5) is 0 Å². The molecule has 0 heterocycles. The Morgan fingerprint density at radius 2 is 1.10 bits per heavy atom. The molecule has 0 aliphatic rings. The molecule has 0 rings (SSSR count). The van der Waals surface area contributed by atoms with Gasteiger partial charge in [0.2, 0.25) is 0 Å². The molecule has 0 aromatic rings. The number of aliphatic hydroxyl groups is 3. The fourth-order valence-corrected chi connectivity index (χ4v) is 4.99. The van der Waals surface area contributed by atoms with Gasteiger partial charge < -0.3 is 24.8 Å². The molecule has 280 valence electrons. The highest BCUT2D eigenvalue weighted by atomic mass is 16.6. The summed E-state index contributed by atoms with van der Waals surface area (Å²) >= 11 is 0. The maximum absolute atomic E-state index is 12.1. The minimum atomic E-state index is -0.849. The molecule has 0 aromatic heterocycles. The lowest BCUT2D eigenvalue weighted by molar-refractivity contribution is -0.161. The third-order valence-corrected chi connectivity index (χ3v) is 7.94. The molecule has 7 heteroatoms. The van der Waals surface area contributed by atoms with Gasteiger partial charge >= 0.3 is 11.9 Å². The molecule has 0 fully saturated rings. The first-order chi connectivity index (χ1) is 23.9. The lowest BCUT2D eigenvalue weighted by Crippen LogP contribution is -2.28. The van der Waals surface area contributed by atoms with Gasteiger partial charge in [-0.2, -0.15) is 0 Å². The van der Waals surface area contributed by atoms with Crippen molar-refractivity contribution in [1.82, 2.24) is 0 Å². The van der Waals surface area contributed by atoms with Crippen LogP contribution in [0.2, 0.25) is 0 Å². The SMILES string of the molecule is CC/C=C\C[C@H](O)/C=C/C=C\C=C\[C@H](O)C/C=C\C/C=C\CCC(=O)O[C@@H](CO)COC(=O)CCCCCCCCCCCCCCCC. The molecule has 0 amide bonds. The number of carbonyl (C=O) groups excluding carboxylic acids is 2. The summed E-state index contributed by atoms with van der Waals surface area (Å²) < 4.78 is 10.5. The van der Waals surface area contributed by atoms with E-state index in [4.69, 9.17) is 9.47 Å². The van der Waals surface area contributed by atoms with E-state index < -0.39 is 30.9 Å². The normalized spacial score (nSPS) is 14.3. The van der Waals surface area contributed by atoms with Gasteiger partial charge in [0.15, 0.2) is 6.10 Å². The molecule has 0 aliphatic carbocycles. The molecule has 0 aromatic carbocycles. The monoisotopic (exact) mass is 687 g/mol. The second-order valence-electron chi connectivity index (χ2n) is 12.7. The van der Waals surface area contributed by atoms with Crippen LogP contribution in [0.3, 0.4) is 0 Å². The molecule has 3 N–H and O–H groups in total. The fraction of sp³-hybridized carbons (Fsp3) is 0.667. The van der Waals surface area contributed by atoms with Crippen molar-refractivity contribution in [1.29, 1.82) is 0 Å². The van der Waals surface area contributed by atoms with Gasteiger partial charge in [-0.1, -0.05) is 170 Å². The third-order valence-electron chi connectivity index (χ3n) is 7.94. The Balaban J connectivity index is 3.85. The molecule has 0 bridgehead atoms. The topological polar surface area (TPSA) is 113 Å². The molecular weight excluding hydrogens is 616 g/mol. The zero-order chi connectivity index (χ0) is 36.0. The summed E-state index contributed by atoms with van der Waals surface area (Å²) in [6.45, 7) is 3.79. The Bertz CT molecular complexity index is 947. The third kappa shape index (κ3) is 34.9. The number of hydrogen-bond donors (Lipinski definition) is 3. The lowest BCUT2D eigenvalue weighted by Gasteiger charge is -2.15. The van der Waals surface area contributed by atoms with E-state index in [1.54, 1.807) is 24.3 Å². The van der Waals surface area contributed by atoms with Crippen molar-refractivity contribution in [3.05, 3.63) is 72.9 Å². The predicted molar refractivity (Wildman–Crippen MR) is 203 cm³/mol. The number of hydrogen-bond acceptors (Lipinski definition) is 7. The van der Waals surface area contributed by atoms with Crippen LogP contribution in [-0.2, 0) is 19.1 Å². The molecule has 0 saturated carbocycles. The van der Waals surface area contributed by atoms with Gasteiger partial charge in [-0.05, 0) is 38.5 Å². The molecular formula is C42H70O7. The predicted octanol–water partition coefficient (Wildman–Crippen LogP) is 9.72. The summed E-state index contributed by atoms with van der Waals surface area (Å²) in [6.07, 6.45) is 41.8. The summed E-state index contributed by atoms with van der Waals surface area (Å²) in [6, 6.07) is 0. The van der Waals surface area contributed by atoms with Crippen LogP contribution in [0.25, 0.3) is 0 Å². The smallest absolute Gasteiger partial charge is 0.306 e. The largest absolute Gasteiger partial charge is 0.462 e. The Kier molecular flexibility index (Phi) is 34.5. The van der Waals surface area contributed by atoms with Gasteiger partial charge in [-0.15, -0.1) is 0 Å². The number of unbranched alkanes of at least 4 members (excludes halogenated alkanes) is 13. The van der Waals surface area contributed by atoms with Crippen molar-refractivity contribution in [3.63, 3.8) is 0 Å². The second-order valence-corrected chi connectivity index (χ2v) is 12.7. The van der Waals surface area contributed by atoms with E-state index in [-0.39, 0.29) is 19.0 Å². The van der Waals surface area contributed by atoms with Crippen LogP contribution in [0.1, 0.15) is 149 Å². The average molecular weight is 687 g/mol. The van der Waals surface area contributed by atoms with Crippen LogP contribution in [-0.4, -0.2) is 58.8 Å². The first-order valence-electron chi connectivity index (χ1n) is 19.2. The van der Waals surface area contributed by atoms with E-state index >= 15 is 0 Å². The molecule has 3 atom stereocenters. The van der Waals surface area contributed by atoms with Crippen molar-refractivity contribution < 1.29 is 34.4 Å². The summed E-state index contributed by atoms with van der Waals surface area (Å²) in [5, 5.41) is 29.4. The van der Waals surface area contributed by atoms with Crippen molar-refractivity contribution >= 4 is 11.9 Å². The Labute approximate surface area is 298 Å². The Morgan fingerprint density at radius 1 is 0.592 bits per heavy atom. The highest BCUT2D eigenvalue weighted by Gasteiger charge is 2.15. The quantitative estimate of drug-likeness (QED) is 0.0273. The van der Waals surface area contributed by atoms with E-state index in [1.165, 1.54) is 70.6 Å². The van der Waals surface area contributed by atoms with Gasteiger partial charge in [0.25, 0.3) is 0 Å². The highest BCUT2D eigenvalue weighted by molar-refractivity contribution is 5.70. The minimum Gasteiger partial charge on any atom is -0.462 e. The van der Waals surface area contributed by atoms with Crippen molar-refractivity contribution in [3.8, 4) is 0 Å². The number of ether oxygens (including phenoxy) is 2. The zero-order valence-corrected chi connectivity index (χ0v) is 30.9. The molecule has 7 nitrogen and oxygen atoms in total. The van der Waals surface area contributed by atoms with Gasteiger partial charge in [0.05, 0.1) is 18.8 Å². The molecule has 0 aliphatic heterocycles. The molecule has 0 spiro atoms. The summed E-state index contributed by atoms with van der Waals surface area (Å²) in [4.78, 5) is 24.2. The number of rotatable bonds is 33. The van der Waals surface area contributed by atoms with Crippen molar-refractivity contribution in [2.75, 3.05) is 13.2 Å². The first kappa shape index (κ1) is 46.3. The minimum absolute atomic E-state index is 0.129. The van der Waals surface area contributed by atoms with Gasteiger partial charge in [0.1, 0.15) is 6.61 Å². The van der Waals surface area contributed by atoms with Gasteiger partial charge in [0, 0.05) is 12.8 Å². The first-order valence-corrected chi connectivity index (χ1v) is 19.2. The number of esters is 2. The van der Waals surface area contributed by atoms with Crippen LogP contribution >= 0.6 is 0 Å². The van der Waals surface area contributed by atoms with E-state index in [0.717, 1.165) is 25.7 Å². The molecule has 0 radical (unpaired) electrons. The number of allylic oxidation sites excluding steroid dienone is 8. The maximum atomic E-state index is 12.1. The zero-order valence-electron chi connectivity index (χ0n) is 30.9. The van der Waals surface area contributed by atoms with Gasteiger partial charge in [-0.25, -0.2) is 0 Å². The van der Waals surface area contributed by atoms with Gasteiger partial charge in [-0.3, -0.25) is 9.59 Å². The standard InChI is InChI=1S/C42H70O7/c1-3-5-7-8-9-10-11-12-13-14-15-16-20-28-34-41(46)48-37-40(36-43)49-42(47)35-29-21-18-17-19-25-31-39(45)33-27-23-22-26-32-38(44)30-24-6-4-2/h6,18-19,21-27,32-33,38-40,43-45H,3-5,7-17,20,28-31,34-37H2,1-2H3/b21-18-,23-22-,24-6-,25-19-,32-26+,33-27+/t38-,39+,40-/m0/s1. The average Bonchev–Trinajstić information content (AvgIpc) is 3.09. The van der Waals surface area contributed by atoms with Crippen LogP contribution < -0.4 is 0 Å². The van der Waals surface area contributed by atoms with Crippen LogP contribution in [0.5, 0.6) is 0 Å². The van der Waals surface area contributed by atoms with E-state index in [9.17, 15) is 24.9 Å². The van der Waals surface area contributed by atoms with Crippen LogP contribution in [0, 0.1) is 0 Å². The fourth-order valence-electron chi connectivity index (χ4n) is 4.99. The Hall–Kier alpha value is -2.74. The van der Waals surface area contributed by atoms with E-state index in [2.05, 4.69) is 13.8 Å². The maximum Gasteiger partial charge on any atom is 0.306 e. The molecule has 0 saturated heterocycles. The second kappa shape index (κ2) is 36.5. The number of aliphatic hydroxyl groups excluding tert-OH is 3. The highest BCUT2D eigenvalue weighted by Crippen LogP contribution is 2.14. The van der Waals surface area contributed by atoms with Crippen molar-refractivity contribution in [2.24, 2.45) is 0 Å². The van der Waals surface area contributed by atoms with E-state index in [1.807, 2.05) is 48.6 Å².